The van der Waals surface area contributed by atoms with Crippen LogP contribution in [-0.4, -0.2) is 37.9 Å². The second kappa shape index (κ2) is 12.0. The molecular formula is C31H25N6O4-. The molecule has 0 unspecified atom stereocenters. The molecule has 1 aliphatic carbocycles. The number of carbonyl (C=O) groups is 2. The van der Waals surface area contributed by atoms with Crippen LogP contribution in [0.5, 0.6) is 0 Å². The molecule has 0 spiro atoms. The molecule has 0 saturated heterocycles. The molecule has 0 bridgehead atoms. The van der Waals surface area contributed by atoms with E-state index in [1.54, 1.807) is 6.07 Å². The lowest BCUT2D eigenvalue weighted by Gasteiger charge is -2.11. The molecule has 0 aliphatic heterocycles. The molecule has 10 nitrogen and oxygen atoms in total. The Bertz CT molecular complexity index is 1700. The summed E-state index contributed by atoms with van der Waals surface area (Å²) in [5.74, 6) is -0.999. The highest BCUT2D eigenvalue weighted by Gasteiger charge is 2.25. The predicted octanol–water partition coefficient (Wildman–Crippen LogP) is 5.54. The number of amides is 1. The van der Waals surface area contributed by atoms with Crippen molar-refractivity contribution in [2.45, 2.75) is 13.3 Å². The first-order chi connectivity index (χ1) is 19.9. The molecule has 10 heteroatoms. The summed E-state index contributed by atoms with van der Waals surface area (Å²) >= 11 is 0. The first kappa shape index (κ1) is 26.8. The molecule has 1 amide bonds. The summed E-state index contributed by atoms with van der Waals surface area (Å²) in [5, 5.41) is 34.0. The van der Waals surface area contributed by atoms with Crippen molar-refractivity contribution in [2.24, 2.45) is 5.10 Å². The minimum Gasteiger partial charge on any atom is -0.612 e. The zero-order valence-electron chi connectivity index (χ0n) is 22.0. The normalized spacial score (nSPS) is 12.2. The summed E-state index contributed by atoms with van der Waals surface area (Å²) in [6.07, 6.45) is 5.30. The molecular weight excluding hydrogens is 520 g/mol. The van der Waals surface area contributed by atoms with Gasteiger partial charge in [0.05, 0.1) is 5.71 Å². The van der Waals surface area contributed by atoms with Crippen LogP contribution >= 0.6 is 0 Å². The van der Waals surface area contributed by atoms with E-state index in [2.05, 4.69) is 20.9 Å². The fourth-order valence-electron chi connectivity index (χ4n) is 4.25. The highest BCUT2D eigenvalue weighted by Crippen LogP contribution is 2.37. The summed E-state index contributed by atoms with van der Waals surface area (Å²) < 4.78 is 1.22. The van der Waals surface area contributed by atoms with Gasteiger partial charge in [-0.2, -0.15) is 19.8 Å². The molecule has 41 heavy (non-hydrogen) atoms. The van der Waals surface area contributed by atoms with Gasteiger partial charge in [-0.15, -0.1) is 0 Å². The van der Waals surface area contributed by atoms with Crippen LogP contribution < -0.4 is 10.7 Å². The highest BCUT2D eigenvalue weighted by molar-refractivity contribution is 6.17. The summed E-state index contributed by atoms with van der Waals surface area (Å²) in [5.41, 5.74) is 7.63. The van der Waals surface area contributed by atoms with Gasteiger partial charge in [-0.3, -0.25) is 15.0 Å². The number of nitrogens with one attached hydrogen (secondary N) is 2. The van der Waals surface area contributed by atoms with Crippen LogP contribution in [0.2, 0.25) is 0 Å². The third kappa shape index (κ3) is 6.12. The van der Waals surface area contributed by atoms with Crippen LogP contribution in [0.25, 0.3) is 22.5 Å². The fourth-order valence-corrected chi connectivity index (χ4v) is 4.25. The van der Waals surface area contributed by atoms with Crippen LogP contribution in [0.15, 0.2) is 114 Å². The zero-order chi connectivity index (χ0) is 28.8. The van der Waals surface area contributed by atoms with E-state index in [0.717, 1.165) is 11.1 Å². The Labute approximate surface area is 235 Å². The first-order valence-electron chi connectivity index (χ1n) is 12.7. The van der Waals surface area contributed by atoms with Gasteiger partial charge in [0.1, 0.15) is 23.5 Å². The molecule has 1 aliphatic rings. The van der Waals surface area contributed by atoms with Crippen LogP contribution in [0, 0.1) is 17.3 Å². The molecule has 3 aromatic carbocycles. The van der Waals surface area contributed by atoms with Gasteiger partial charge in [-0.1, -0.05) is 78.9 Å². The van der Waals surface area contributed by atoms with Gasteiger partial charge in [0.15, 0.2) is 0 Å². The minimum absolute atomic E-state index is 0.0544. The van der Waals surface area contributed by atoms with Gasteiger partial charge in [-0.25, -0.2) is 0 Å². The molecule has 0 fully saturated rings. The minimum atomic E-state index is -0.532. The number of allylic oxidation sites excluding steroid dienone is 4. The molecule has 1 aromatic heterocycles. The van der Waals surface area contributed by atoms with E-state index in [1.165, 1.54) is 29.0 Å². The lowest BCUT2D eigenvalue weighted by molar-refractivity contribution is -0.377. The lowest BCUT2D eigenvalue weighted by atomic mass is 10.1. The van der Waals surface area contributed by atoms with E-state index in [-0.39, 0.29) is 5.71 Å². The molecule has 0 atom stereocenters. The van der Waals surface area contributed by atoms with E-state index in [4.69, 9.17) is 0 Å². The molecule has 0 radical (unpaired) electrons. The maximum Gasteiger partial charge on any atom is 0.256 e. The van der Waals surface area contributed by atoms with Gasteiger partial charge in [0.25, 0.3) is 5.91 Å². The number of aryl methyl sites for hydroxylation is 1. The Morgan fingerprint density at radius 2 is 1.46 bits per heavy atom. The average Bonchev–Trinajstić information content (AvgIpc) is 3.38. The van der Waals surface area contributed by atoms with Crippen LogP contribution in [0.4, 0.5) is 11.4 Å². The third-order valence-corrected chi connectivity index (χ3v) is 6.30. The topological polar surface area (TPSA) is 138 Å². The third-order valence-electron chi connectivity index (χ3n) is 6.30. The Morgan fingerprint density at radius 3 is 2.10 bits per heavy atom. The maximum absolute atomic E-state index is 13.6. The monoisotopic (exact) mass is 545 g/mol. The quantitative estimate of drug-likeness (QED) is 0.135. The van der Waals surface area contributed by atoms with E-state index in [1.807, 2.05) is 85.8 Å². The molecule has 5 rings (SSSR count). The smallest absolute Gasteiger partial charge is 0.256 e. The van der Waals surface area contributed by atoms with E-state index < -0.39 is 23.1 Å². The van der Waals surface area contributed by atoms with Crippen molar-refractivity contribution >= 4 is 34.6 Å². The Kier molecular flexibility index (Phi) is 7.82. The van der Waals surface area contributed by atoms with Crippen molar-refractivity contribution in [3.63, 3.8) is 0 Å². The summed E-state index contributed by atoms with van der Waals surface area (Å²) in [6, 6.07) is 25.8. The van der Waals surface area contributed by atoms with Crippen LogP contribution in [0.1, 0.15) is 16.8 Å². The number of aromatic nitrogens is 2. The van der Waals surface area contributed by atoms with Gasteiger partial charge in [0, 0.05) is 29.0 Å². The van der Waals surface area contributed by atoms with Crippen molar-refractivity contribution in [1.82, 2.24) is 9.78 Å². The van der Waals surface area contributed by atoms with Crippen LogP contribution in [0.3, 0.4) is 0 Å². The SMILES string of the molecule is Cc1ccccc1NC(=O)CC(=O)n1nc(-c2ccccc2)c(NN=C2C=CC(=[N+]([O-])[O-])C=C2)c1-c1ccccc1. The second-order valence-corrected chi connectivity index (χ2v) is 9.15. The number of hydrogen-bond acceptors (Lipinski definition) is 7. The second-order valence-electron chi connectivity index (χ2n) is 9.15. The number of anilines is 2. The standard InChI is InChI=1S/C31H25N6O4/c1-21-10-8-9-15-26(21)32-27(38)20-28(39)36-31(23-13-6-3-7-14-23)30(29(35-36)22-11-4-2-5-12-22)34-33-24-16-18-25(19-17-24)37(40)41/h2-19,34H,20H2,1H3,(H-,32,33,38,40,41)/q-1. The van der Waals surface area contributed by atoms with Crippen molar-refractivity contribution in [3.8, 4) is 22.5 Å². The summed E-state index contributed by atoms with van der Waals surface area (Å²) in [7, 11) is 0. The largest absolute Gasteiger partial charge is 0.612 e. The van der Waals surface area contributed by atoms with Crippen molar-refractivity contribution in [3.05, 3.63) is 125 Å². The van der Waals surface area contributed by atoms with Crippen molar-refractivity contribution < 1.29 is 14.5 Å². The van der Waals surface area contributed by atoms with Crippen molar-refractivity contribution in [2.75, 3.05) is 10.7 Å². The lowest BCUT2D eigenvalue weighted by Crippen LogP contribution is -2.22. The summed E-state index contributed by atoms with van der Waals surface area (Å²) in [6.45, 7) is 1.87. The number of para-hydroxylation sites is 1. The van der Waals surface area contributed by atoms with E-state index in [0.29, 0.717) is 34.0 Å². The zero-order valence-corrected chi connectivity index (χ0v) is 22.0. The van der Waals surface area contributed by atoms with Gasteiger partial charge < -0.3 is 15.7 Å². The van der Waals surface area contributed by atoms with Crippen LogP contribution in [-0.2, 0) is 4.79 Å². The average molecular weight is 546 g/mol. The molecule has 2 N–H and O–H groups in total. The van der Waals surface area contributed by atoms with E-state index in [9.17, 15) is 20.0 Å². The van der Waals surface area contributed by atoms with Gasteiger partial charge in [-0.05, 0) is 30.7 Å². The Hall–Kier alpha value is -5.77. The Balaban J connectivity index is 1.56. The number of nitrogens with zero attached hydrogens (tertiary/aromatic N) is 4. The molecule has 4 aromatic rings. The maximum atomic E-state index is 13.6. The number of hydrazone groups is 1. The fraction of sp³-hybridized carbons (Fsp3) is 0.0645. The Morgan fingerprint density at radius 1 is 0.854 bits per heavy atom. The highest BCUT2D eigenvalue weighted by atomic mass is 16.8. The predicted molar refractivity (Wildman–Crippen MR) is 159 cm³/mol. The van der Waals surface area contributed by atoms with Gasteiger partial charge >= 0.3 is 0 Å². The number of carbonyl (C=O) groups excluding carboxylic acids is 2. The van der Waals surface area contributed by atoms with E-state index >= 15 is 0 Å². The molecule has 1 heterocycles. The summed E-state index contributed by atoms with van der Waals surface area (Å²) in [4.78, 5) is 26.0. The van der Waals surface area contributed by atoms with Gasteiger partial charge in [0.2, 0.25) is 11.6 Å². The first-order valence-corrected chi connectivity index (χ1v) is 12.7. The number of hydrogen-bond donors (Lipinski definition) is 2. The molecule has 204 valence electrons. The number of rotatable bonds is 7. The number of benzene rings is 3. The van der Waals surface area contributed by atoms with Crippen molar-refractivity contribution in [1.29, 1.82) is 0 Å². The molecule has 0 saturated carbocycles.